The fourth-order valence-corrected chi connectivity index (χ4v) is 6.72. The fraction of sp³-hybridized carbons (Fsp3) is 0.471. The number of aromatic nitrogens is 2. The Kier molecular flexibility index (Phi) is 11.0. The van der Waals surface area contributed by atoms with Crippen molar-refractivity contribution in [2.75, 3.05) is 37.7 Å². The predicted octanol–water partition coefficient (Wildman–Crippen LogP) is 7.82. The van der Waals surface area contributed by atoms with Gasteiger partial charge in [-0.3, -0.25) is 9.48 Å². The molecule has 0 spiro atoms. The van der Waals surface area contributed by atoms with E-state index in [4.69, 9.17) is 16.3 Å². The van der Waals surface area contributed by atoms with E-state index in [-0.39, 0.29) is 24.8 Å². The number of benzene rings is 2. The minimum Gasteiger partial charge on any atom is -0.462 e. The van der Waals surface area contributed by atoms with Crippen LogP contribution in [0.5, 0.6) is 5.88 Å². The van der Waals surface area contributed by atoms with Crippen LogP contribution in [0, 0.1) is 0 Å². The maximum absolute atomic E-state index is 14.6. The average molecular weight is 729 g/mol. The van der Waals surface area contributed by atoms with Crippen molar-refractivity contribution in [2.24, 2.45) is 0 Å². The van der Waals surface area contributed by atoms with Gasteiger partial charge in [0, 0.05) is 48.9 Å². The first-order valence-corrected chi connectivity index (χ1v) is 16.6. The molecule has 0 aliphatic carbocycles. The summed E-state index contributed by atoms with van der Waals surface area (Å²) in [6, 6.07) is 12.0. The molecule has 50 heavy (non-hydrogen) atoms. The van der Waals surface area contributed by atoms with Crippen molar-refractivity contribution in [3.8, 4) is 17.0 Å². The third-order valence-electron chi connectivity index (χ3n) is 8.93. The topological polar surface area (TPSA) is 94.0 Å². The first kappa shape index (κ1) is 37.0. The van der Waals surface area contributed by atoms with E-state index in [1.165, 1.54) is 6.92 Å². The summed E-state index contributed by atoms with van der Waals surface area (Å²) in [5.41, 5.74) is 0.204. The highest BCUT2D eigenvalue weighted by atomic mass is 35.5. The number of carbonyl (C=O) groups is 3. The Bertz CT molecular complexity index is 1720. The van der Waals surface area contributed by atoms with Crippen LogP contribution in [0.4, 0.5) is 32.0 Å². The highest BCUT2D eigenvalue weighted by molar-refractivity contribution is 6.31. The fourth-order valence-electron chi connectivity index (χ4n) is 6.56. The second kappa shape index (κ2) is 14.9. The van der Waals surface area contributed by atoms with Gasteiger partial charge in [-0.25, -0.2) is 9.59 Å². The number of alkyl halides is 6. The number of nitrogens with zero attached hydrogens (tertiary/aromatic N) is 4. The van der Waals surface area contributed by atoms with Crippen molar-refractivity contribution in [2.45, 2.75) is 70.3 Å². The number of piperidine rings is 2. The maximum Gasteiger partial charge on any atom is 0.491 e. The Hall–Kier alpha value is -4.27. The molecular weight excluding hydrogens is 694 g/mol. The van der Waals surface area contributed by atoms with Crippen LogP contribution in [-0.4, -0.2) is 71.5 Å². The Morgan fingerprint density at radius 1 is 0.940 bits per heavy atom. The molecule has 1 aromatic heterocycles. The van der Waals surface area contributed by atoms with Crippen molar-refractivity contribution >= 4 is 35.1 Å². The number of hydrogen-bond acceptors (Lipinski definition) is 7. The maximum atomic E-state index is 14.6. The van der Waals surface area contributed by atoms with Gasteiger partial charge in [0.2, 0.25) is 5.91 Å². The largest absolute Gasteiger partial charge is 0.491 e. The molecule has 1 amide bonds. The van der Waals surface area contributed by atoms with Crippen LogP contribution < -0.4 is 9.64 Å². The summed E-state index contributed by atoms with van der Waals surface area (Å²) in [7, 11) is 0. The number of carbonyl (C=O) groups excluding carboxylic acids is 3. The molecule has 3 aromatic rings. The summed E-state index contributed by atoms with van der Waals surface area (Å²) in [6.07, 6.45) is -8.24. The summed E-state index contributed by atoms with van der Waals surface area (Å²) in [5.74, 6) is -5.49. The third kappa shape index (κ3) is 8.03. The van der Waals surface area contributed by atoms with Gasteiger partial charge in [-0.1, -0.05) is 48.9 Å². The molecule has 16 heteroatoms. The Balaban J connectivity index is 1.46. The molecule has 2 aliphatic rings. The number of likely N-dealkylation sites (tertiary alicyclic amines) is 1. The minimum absolute atomic E-state index is 0.0971. The summed E-state index contributed by atoms with van der Waals surface area (Å²) in [4.78, 5) is 40.1. The quantitative estimate of drug-likeness (QED) is 0.173. The average Bonchev–Trinajstić information content (AvgIpc) is 3.48. The van der Waals surface area contributed by atoms with E-state index in [1.807, 2.05) is 36.1 Å². The third-order valence-corrected chi connectivity index (χ3v) is 9.17. The van der Waals surface area contributed by atoms with Gasteiger partial charge in [-0.2, -0.15) is 26.3 Å². The van der Waals surface area contributed by atoms with Crippen LogP contribution >= 0.6 is 11.6 Å². The van der Waals surface area contributed by atoms with Crippen molar-refractivity contribution in [1.29, 1.82) is 0 Å². The van der Waals surface area contributed by atoms with Crippen molar-refractivity contribution in [3.63, 3.8) is 0 Å². The van der Waals surface area contributed by atoms with Gasteiger partial charge >= 0.3 is 24.3 Å². The summed E-state index contributed by atoms with van der Waals surface area (Å²) in [5, 5.41) is 4.01. The molecule has 9 nitrogen and oxygen atoms in total. The summed E-state index contributed by atoms with van der Waals surface area (Å²) < 4.78 is 92.2. The predicted molar refractivity (Wildman–Crippen MR) is 171 cm³/mol. The molecule has 0 saturated carbocycles. The van der Waals surface area contributed by atoms with Crippen LogP contribution in [0.25, 0.3) is 11.1 Å². The van der Waals surface area contributed by atoms with E-state index in [1.54, 1.807) is 23.1 Å². The number of ether oxygens (including phenoxy) is 2. The van der Waals surface area contributed by atoms with E-state index in [9.17, 15) is 40.7 Å². The minimum atomic E-state index is -5.57. The number of rotatable bonds is 8. The van der Waals surface area contributed by atoms with Gasteiger partial charge in [0.1, 0.15) is 0 Å². The number of anilines is 1. The van der Waals surface area contributed by atoms with E-state index in [0.717, 1.165) is 29.5 Å². The first-order valence-electron chi connectivity index (χ1n) is 16.2. The molecule has 2 aromatic carbocycles. The monoisotopic (exact) mass is 728 g/mol. The zero-order valence-electron chi connectivity index (χ0n) is 27.2. The lowest BCUT2D eigenvalue weighted by molar-refractivity contribution is -0.190. The van der Waals surface area contributed by atoms with Crippen molar-refractivity contribution < 1.29 is 50.2 Å². The molecule has 0 N–H and O–H groups in total. The standard InChI is InChI=1S/C34H35ClF6N4O5/c1-3-27(46)43-16-13-21(14-17-43)20-7-9-22(10-8-20)25-12-11-23(35)18-26(25)44-15-5-6-24(19-44)45-29(33(36,37)38)28(31(47)49-4-2)30(42-45)50-32(48)34(39,40)41/h7-12,18,21,24H,3-6,13-17,19H2,1-2H3. The van der Waals surface area contributed by atoms with Gasteiger partial charge in [-0.05, 0) is 61.8 Å². The van der Waals surface area contributed by atoms with Gasteiger partial charge in [0.15, 0.2) is 11.3 Å². The van der Waals surface area contributed by atoms with E-state index < -0.39 is 54.1 Å². The molecule has 2 fully saturated rings. The lowest BCUT2D eigenvalue weighted by atomic mass is 9.88. The van der Waals surface area contributed by atoms with Crippen molar-refractivity contribution in [1.82, 2.24) is 14.7 Å². The second-order valence-corrected chi connectivity index (χ2v) is 12.5. The molecule has 1 unspecified atom stereocenters. The normalized spacial score (nSPS) is 17.5. The first-order chi connectivity index (χ1) is 23.6. The lowest BCUT2D eigenvalue weighted by Gasteiger charge is -2.36. The molecular formula is C34H35ClF6N4O5. The highest BCUT2D eigenvalue weighted by Gasteiger charge is 2.48. The van der Waals surface area contributed by atoms with Gasteiger partial charge in [-0.15, -0.1) is 5.10 Å². The van der Waals surface area contributed by atoms with Crippen LogP contribution in [0.1, 0.15) is 79.5 Å². The molecule has 3 heterocycles. The number of halogens is 7. The Labute approximate surface area is 289 Å². The van der Waals surface area contributed by atoms with Gasteiger partial charge in [0.05, 0.1) is 12.6 Å². The van der Waals surface area contributed by atoms with E-state index >= 15 is 0 Å². The van der Waals surface area contributed by atoms with Gasteiger partial charge < -0.3 is 19.3 Å². The lowest BCUT2D eigenvalue weighted by Crippen LogP contribution is -2.38. The molecule has 2 saturated heterocycles. The highest BCUT2D eigenvalue weighted by Crippen LogP contribution is 2.42. The number of amides is 1. The summed E-state index contributed by atoms with van der Waals surface area (Å²) >= 11 is 6.39. The van der Waals surface area contributed by atoms with Crippen LogP contribution in [0.3, 0.4) is 0 Å². The molecule has 270 valence electrons. The van der Waals surface area contributed by atoms with Crippen LogP contribution in [0.15, 0.2) is 42.5 Å². The smallest absolute Gasteiger partial charge is 0.462 e. The zero-order chi connectivity index (χ0) is 36.4. The van der Waals surface area contributed by atoms with E-state index in [0.29, 0.717) is 47.9 Å². The van der Waals surface area contributed by atoms with E-state index in [2.05, 4.69) is 9.84 Å². The van der Waals surface area contributed by atoms with Crippen LogP contribution in [-0.2, 0) is 20.5 Å². The summed E-state index contributed by atoms with van der Waals surface area (Å²) in [6.45, 7) is 4.43. The zero-order valence-corrected chi connectivity index (χ0v) is 28.0. The molecule has 2 aliphatic heterocycles. The SMILES string of the molecule is CCOC(=O)c1c(OC(=O)C(F)(F)F)nn(C2CCCN(c3cc(Cl)ccc3-c3ccc(C4CCN(C(=O)CC)CC4)cc3)C2)c1C(F)(F)F. The number of hydrogen-bond donors (Lipinski definition) is 0. The van der Waals surface area contributed by atoms with Gasteiger partial charge in [0.25, 0.3) is 5.88 Å². The Morgan fingerprint density at radius 3 is 2.22 bits per heavy atom. The second-order valence-electron chi connectivity index (χ2n) is 12.1. The van der Waals surface area contributed by atoms with Crippen molar-refractivity contribution in [3.05, 3.63) is 64.3 Å². The number of esters is 2. The molecule has 5 rings (SSSR count). The Morgan fingerprint density at radius 2 is 1.62 bits per heavy atom. The molecule has 1 atom stereocenters. The molecule has 0 radical (unpaired) electrons. The van der Waals surface area contributed by atoms with Crippen LogP contribution in [0.2, 0.25) is 5.02 Å². The molecule has 0 bridgehead atoms.